The van der Waals surface area contributed by atoms with Crippen molar-refractivity contribution in [2.24, 2.45) is 0 Å². The lowest BCUT2D eigenvalue weighted by Crippen LogP contribution is -2.51. The predicted octanol–water partition coefficient (Wildman–Crippen LogP) is 0.313. The Morgan fingerprint density at radius 1 is 1.37 bits per heavy atom. The van der Waals surface area contributed by atoms with Crippen LogP contribution in [-0.2, 0) is 25.7 Å². The minimum atomic E-state index is -0.738. The number of likely N-dealkylation sites (tertiary alicyclic amines) is 1. The number of piperidine rings is 1. The van der Waals surface area contributed by atoms with Crippen LogP contribution < -0.4 is 5.32 Å². The molecule has 0 atom stereocenters. The number of nitrogens with zero attached hydrogens (tertiary/aromatic N) is 4. The second-order valence-electron chi connectivity index (χ2n) is 6.87. The molecule has 1 spiro atoms. The molecule has 27 heavy (non-hydrogen) atoms. The van der Waals surface area contributed by atoms with E-state index < -0.39 is 17.4 Å². The number of carbonyl (C=O) groups excluding carboxylic acids is 3. The van der Waals surface area contributed by atoms with Crippen LogP contribution in [0.15, 0.2) is 6.20 Å². The van der Waals surface area contributed by atoms with E-state index in [1.807, 2.05) is 0 Å². The molecule has 3 rings (SSSR count). The molecule has 146 valence electrons. The smallest absolute Gasteiger partial charge is 0.410 e. The monoisotopic (exact) mass is 377 g/mol. The fraction of sp³-hybridized carbons (Fsp3) is 0.588. The summed E-state index contributed by atoms with van der Waals surface area (Å²) in [5.41, 5.74) is 0.380. The highest BCUT2D eigenvalue weighted by molar-refractivity contribution is 6.39. The SMILES string of the molecule is COCc1ncc(NC(=O)C(=O)N2CCC3(CC2)CN(C)C(=O)O3)c(C)n1. The molecule has 1 N–H and O–H groups in total. The van der Waals surface area contributed by atoms with Gasteiger partial charge in [0.05, 0.1) is 24.1 Å². The van der Waals surface area contributed by atoms with E-state index >= 15 is 0 Å². The van der Waals surface area contributed by atoms with Crippen molar-refractivity contribution in [3.8, 4) is 0 Å². The quantitative estimate of drug-likeness (QED) is 0.754. The first-order valence-electron chi connectivity index (χ1n) is 8.69. The van der Waals surface area contributed by atoms with Crippen LogP contribution in [0.5, 0.6) is 0 Å². The highest BCUT2D eigenvalue weighted by Gasteiger charge is 2.46. The van der Waals surface area contributed by atoms with Crippen molar-refractivity contribution in [1.29, 1.82) is 0 Å². The summed E-state index contributed by atoms with van der Waals surface area (Å²) in [6, 6.07) is 0. The minimum absolute atomic E-state index is 0.267. The molecule has 2 saturated heterocycles. The number of aromatic nitrogens is 2. The molecule has 1 aromatic rings. The third kappa shape index (κ3) is 4.00. The van der Waals surface area contributed by atoms with Gasteiger partial charge >= 0.3 is 17.9 Å². The van der Waals surface area contributed by atoms with Crippen molar-refractivity contribution < 1.29 is 23.9 Å². The van der Waals surface area contributed by atoms with Crippen LogP contribution in [-0.4, -0.2) is 77.1 Å². The van der Waals surface area contributed by atoms with Crippen LogP contribution in [0.25, 0.3) is 0 Å². The Kier molecular flexibility index (Phi) is 5.26. The van der Waals surface area contributed by atoms with E-state index in [1.54, 1.807) is 21.1 Å². The van der Waals surface area contributed by atoms with Crippen molar-refractivity contribution in [2.75, 3.05) is 39.1 Å². The van der Waals surface area contributed by atoms with Gasteiger partial charge in [0.1, 0.15) is 12.2 Å². The summed E-state index contributed by atoms with van der Waals surface area (Å²) in [7, 11) is 3.23. The van der Waals surface area contributed by atoms with E-state index in [0.717, 1.165) is 0 Å². The summed E-state index contributed by atoms with van der Waals surface area (Å²) >= 11 is 0. The molecule has 10 nitrogen and oxygen atoms in total. The van der Waals surface area contributed by atoms with Gasteiger partial charge in [0.2, 0.25) is 0 Å². The first kappa shape index (κ1) is 19.0. The number of likely N-dealkylation sites (N-methyl/N-ethyl adjacent to an activating group) is 1. The van der Waals surface area contributed by atoms with Crippen LogP contribution in [0, 0.1) is 6.92 Å². The number of methoxy groups -OCH3 is 1. The van der Waals surface area contributed by atoms with Gasteiger partial charge in [0, 0.05) is 40.1 Å². The zero-order valence-electron chi connectivity index (χ0n) is 15.7. The largest absolute Gasteiger partial charge is 0.441 e. The van der Waals surface area contributed by atoms with Crippen LogP contribution in [0.1, 0.15) is 24.4 Å². The molecule has 0 unspecified atom stereocenters. The van der Waals surface area contributed by atoms with Gasteiger partial charge in [0.25, 0.3) is 0 Å². The molecule has 2 aliphatic heterocycles. The average molecular weight is 377 g/mol. The molecule has 0 radical (unpaired) electrons. The lowest BCUT2D eigenvalue weighted by atomic mass is 9.91. The Morgan fingerprint density at radius 3 is 2.63 bits per heavy atom. The number of hydrogen-bond acceptors (Lipinski definition) is 7. The molecule has 1 aromatic heterocycles. The molecule has 0 saturated carbocycles. The second-order valence-corrected chi connectivity index (χ2v) is 6.87. The summed E-state index contributed by atoms with van der Waals surface area (Å²) < 4.78 is 10.4. The molecule has 2 fully saturated rings. The van der Waals surface area contributed by atoms with Gasteiger partial charge in [0.15, 0.2) is 5.82 Å². The number of ether oxygens (including phenoxy) is 2. The van der Waals surface area contributed by atoms with Crippen molar-refractivity contribution in [1.82, 2.24) is 19.8 Å². The van der Waals surface area contributed by atoms with Gasteiger partial charge in [-0.2, -0.15) is 0 Å². The third-order valence-corrected chi connectivity index (χ3v) is 4.85. The Balaban J connectivity index is 1.57. The van der Waals surface area contributed by atoms with Crippen LogP contribution in [0.3, 0.4) is 0 Å². The summed E-state index contributed by atoms with van der Waals surface area (Å²) in [6.45, 7) is 3.20. The fourth-order valence-electron chi connectivity index (χ4n) is 3.33. The summed E-state index contributed by atoms with van der Waals surface area (Å²) in [5, 5.41) is 2.56. The van der Waals surface area contributed by atoms with Crippen molar-refractivity contribution in [3.63, 3.8) is 0 Å². The topological polar surface area (TPSA) is 114 Å². The highest BCUT2D eigenvalue weighted by Crippen LogP contribution is 2.32. The number of aryl methyl sites for hydroxylation is 1. The normalized spacial score (nSPS) is 18.6. The van der Waals surface area contributed by atoms with Gasteiger partial charge in [-0.25, -0.2) is 14.8 Å². The number of nitrogens with one attached hydrogen (secondary N) is 1. The van der Waals surface area contributed by atoms with Crippen LogP contribution in [0.4, 0.5) is 10.5 Å². The maximum absolute atomic E-state index is 12.5. The maximum Gasteiger partial charge on any atom is 0.410 e. The lowest BCUT2D eigenvalue weighted by molar-refractivity contribution is -0.145. The second kappa shape index (κ2) is 7.47. The third-order valence-electron chi connectivity index (χ3n) is 4.85. The van der Waals surface area contributed by atoms with E-state index in [-0.39, 0.29) is 12.7 Å². The number of anilines is 1. The number of carbonyl (C=O) groups is 3. The molecule has 2 aliphatic rings. The molecule has 0 aliphatic carbocycles. The number of amides is 3. The zero-order valence-corrected chi connectivity index (χ0v) is 15.7. The summed E-state index contributed by atoms with van der Waals surface area (Å²) in [5.74, 6) is -0.864. The van der Waals surface area contributed by atoms with Gasteiger partial charge in [-0.1, -0.05) is 0 Å². The Hall–Kier alpha value is -2.75. The first-order chi connectivity index (χ1) is 12.8. The Labute approximate surface area is 156 Å². The van der Waals surface area contributed by atoms with Gasteiger partial charge < -0.3 is 24.6 Å². The molecular formula is C17H23N5O5. The fourth-order valence-corrected chi connectivity index (χ4v) is 3.33. The van der Waals surface area contributed by atoms with Crippen LogP contribution in [0.2, 0.25) is 0 Å². The van der Waals surface area contributed by atoms with E-state index in [1.165, 1.54) is 16.0 Å². The molecule has 0 bridgehead atoms. The van der Waals surface area contributed by atoms with E-state index in [4.69, 9.17) is 9.47 Å². The lowest BCUT2D eigenvalue weighted by Gasteiger charge is -2.36. The first-order valence-corrected chi connectivity index (χ1v) is 8.69. The molecular weight excluding hydrogens is 354 g/mol. The van der Waals surface area contributed by atoms with Gasteiger partial charge in [-0.05, 0) is 6.92 Å². The number of hydrogen-bond donors (Lipinski definition) is 1. The summed E-state index contributed by atoms with van der Waals surface area (Å²) in [4.78, 5) is 47.7. The van der Waals surface area contributed by atoms with E-state index in [2.05, 4.69) is 15.3 Å². The highest BCUT2D eigenvalue weighted by atomic mass is 16.6. The van der Waals surface area contributed by atoms with Crippen LogP contribution >= 0.6 is 0 Å². The van der Waals surface area contributed by atoms with Crippen molar-refractivity contribution >= 4 is 23.6 Å². The maximum atomic E-state index is 12.5. The zero-order chi connectivity index (χ0) is 19.6. The number of rotatable bonds is 3. The van der Waals surface area contributed by atoms with E-state index in [9.17, 15) is 14.4 Å². The predicted molar refractivity (Wildman–Crippen MR) is 93.8 cm³/mol. The standard InChI is InChI=1S/C17H23N5O5/c1-11-12(8-18-13(19-11)9-26-3)20-14(23)15(24)22-6-4-17(5-7-22)10-21(2)16(25)27-17/h8H,4-7,9-10H2,1-3H3,(H,20,23). The summed E-state index contributed by atoms with van der Waals surface area (Å²) in [6.07, 6.45) is 2.13. The van der Waals surface area contributed by atoms with Gasteiger partial charge in [-0.15, -0.1) is 0 Å². The Morgan fingerprint density at radius 2 is 2.07 bits per heavy atom. The van der Waals surface area contributed by atoms with Crippen molar-refractivity contribution in [2.45, 2.75) is 32.0 Å². The average Bonchev–Trinajstić information content (AvgIpc) is 2.91. The Bertz CT molecular complexity index is 760. The molecule has 3 amide bonds. The molecule has 0 aromatic carbocycles. The van der Waals surface area contributed by atoms with Crippen molar-refractivity contribution in [3.05, 3.63) is 17.7 Å². The van der Waals surface area contributed by atoms with Gasteiger partial charge in [-0.3, -0.25) is 9.59 Å². The molecule has 3 heterocycles. The van der Waals surface area contributed by atoms with E-state index in [0.29, 0.717) is 49.7 Å². The minimum Gasteiger partial charge on any atom is -0.441 e. The molecule has 10 heteroatoms.